The highest BCUT2D eigenvalue weighted by molar-refractivity contribution is 7.80. The van der Waals surface area contributed by atoms with Crippen LogP contribution in [0.4, 0.5) is 5.82 Å². The summed E-state index contributed by atoms with van der Waals surface area (Å²) in [5, 5.41) is 11.6. The lowest BCUT2D eigenvalue weighted by molar-refractivity contribution is 0.929. The molecule has 0 spiro atoms. The van der Waals surface area contributed by atoms with E-state index in [1.807, 2.05) is 13.8 Å². The van der Waals surface area contributed by atoms with Crippen LogP contribution in [0.15, 0.2) is 24.3 Å². The van der Waals surface area contributed by atoms with Crippen molar-refractivity contribution in [3.63, 3.8) is 0 Å². The Morgan fingerprint density at radius 1 is 1.24 bits per heavy atom. The van der Waals surface area contributed by atoms with Crippen molar-refractivity contribution >= 4 is 23.0 Å². The maximum Gasteiger partial charge on any atom is 0.159 e. The van der Waals surface area contributed by atoms with Crippen LogP contribution in [0.3, 0.4) is 0 Å². The van der Waals surface area contributed by atoms with Gasteiger partial charge in [-0.05, 0) is 38.3 Å². The van der Waals surface area contributed by atoms with Gasteiger partial charge in [-0.2, -0.15) is 5.10 Å². The van der Waals surface area contributed by atoms with E-state index in [-0.39, 0.29) is 0 Å². The molecule has 0 unspecified atom stereocenters. The van der Waals surface area contributed by atoms with Crippen molar-refractivity contribution in [1.82, 2.24) is 10.2 Å². The third kappa shape index (κ3) is 3.76. The lowest BCUT2D eigenvalue weighted by atomic mass is 10.1. The summed E-state index contributed by atoms with van der Waals surface area (Å²) >= 11 is 5.13. The number of benzene rings is 1. The molecule has 0 radical (unpaired) electrons. The molecule has 0 aliphatic rings. The second-order valence-electron chi connectivity index (χ2n) is 5.16. The minimum absolute atomic E-state index is 0.351. The normalized spacial score (nSPS) is 10.4. The molecule has 1 aromatic carbocycles. The van der Waals surface area contributed by atoms with Gasteiger partial charge in [-0.25, -0.2) is 0 Å². The van der Waals surface area contributed by atoms with Gasteiger partial charge in [-0.3, -0.25) is 0 Å². The number of hydrogen-bond acceptors (Lipinski definition) is 4. The van der Waals surface area contributed by atoms with Crippen LogP contribution in [-0.4, -0.2) is 21.7 Å². The summed E-state index contributed by atoms with van der Waals surface area (Å²) in [6.07, 6.45) is 0.910. The summed E-state index contributed by atoms with van der Waals surface area (Å²) in [6.45, 7) is 6.72. The lowest BCUT2D eigenvalue weighted by Gasteiger charge is -2.13. The molecule has 2 aromatic rings. The molecule has 5 heteroatoms. The van der Waals surface area contributed by atoms with Crippen molar-refractivity contribution in [1.29, 1.82) is 0 Å². The Kier molecular flexibility index (Phi) is 4.85. The fourth-order valence-corrected chi connectivity index (χ4v) is 2.48. The molecule has 0 saturated carbocycles. The van der Waals surface area contributed by atoms with Gasteiger partial charge in [-0.15, -0.1) is 5.10 Å². The second-order valence-corrected chi connectivity index (χ2v) is 5.60. The second kappa shape index (κ2) is 6.63. The number of nitrogens with two attached hydrogens (primary N) is 1. The first-order valence-corrected chi connectivity index (χ1v) is 7.33. The van der Waals surface area contributed by atoms with Crippen molar-refractivity contribution in [3.8, 4) is 0 Å². The predicted molar refractivity (Wildman–Crippen MR) is 90.8 cm³/mol. The Bertz CT molecular complexity index is 667. The monoisotopic (exact) mass is 300 g/mol. The molecular formula is C16H20N4S. The van der Waals surface area contributed by atoms with Crippen LogP contribution in [-0.2, 0) is 6.42 Å². The zero-order valence-corrected chi connectivity index (χ0v) is 13.4. The summed E-state index contributed by atoms with van der Waals surface area (Å²) in [7, 11) is 0. The number of aryl methyl sites for hydroxylation is 2. The van der Waals surface area contributed by atoms with Crippen molar-refractivity contribution < 1.29 is 0 Å². The van der Waals surface area contributed by atoms with E-state index in [1.54, 1.807) is 0 Å². The SMILES string of the molecule is Cc1cccc(CCNc2nnc(C)c(C)c2C(N)=S)c1. The summed E-state index contributed by atoms with van der Waals surface area (Å²) in [5.74, 6) is 0.665. The molecule has 0 aliphatic heterocycles. The zero-order chi connectivity index (χ0) is 15.4. The molecule has 3 N–H and O–H groups in total. The molecule has 21 heavy (non-hydrogen) atoms. The third-order valence-corrected chi connectivity index (χ3v) is 3.69. The summed E-state index contributed by atoms with van der Waals surface area (Å²) in [4.78, 5) is 0.351. The molecule has 1 aromatic heterocycles. The first-order valence-electron chi connectivity index (χ1n) is 6.92. The van der Waals surface area contributed by atoms with E-state index in [9.17, 15) is 0 Å². The molecule has 1 heterocycles. The number of hydrogen-bond donors (Lipinski definition) is 2. The number of rotatable bonds is 5. The summed E-state index contributed by atoms with van der Waals surface area (Å²) in [5.41, 5.74) is 11.0. The molecule has 0 saturated heterocycles. The van der Waals surface area contributed by atoms with Gasteiger partial charge in [0.05, 0.1) is 11.3 Å². The lowest BCUT2D eigenvalue weighted by Crippen LogP contribution is -2.19. The fourth-order valence-electron chi connectivity index (χ4n) is 2.23. The molecule has 2 rings (SSSR count). The van der Waals surface area contributed by atoms with Gasteiger partial charge < -0.3 is 11.1 Å². The van der Waals surface area contributed by atoms with E-state index < -0.39 is 0 Å². The average molecular weight is 300 g/mol. The maximum absolute atomic E-state index is 5.81. The third-order valence-electron chi connectivity index (χ3n) is 3.49. The fraction of sp³-hybridized carbons (Fsp3) is 0.312. The number of anilines is 1. The first-order chi connectivity index (χ1) is 9.99. The Labute approximate surface area is 130 Å². The van der Waals surface area contributed by atoms with Crippen molar-refractivity contribution in [2.24, 2.45) is 5.73 Å². The summed E-state index contributed by atoms with van der Waals surface area (Å²) < 4.78 is 0. The van der Waals surface area contributed by atoms with Gasteiger partial charge in [0.15, 0.2) is 5.82 Å². The van der Waals surface area contributed by atoms with E-state index >= 15 is 0 Å². The minimum atomic E-state index is 0.351. The van der Waals surface area contributed by atoms with Crippen LogP contribution in [0.2, 0.25) is 0 Å². The molecule has 0 bridgehead atoms. The number of thiocarbonyl (C=S) groups is 1. The van der Waals surface area contributed by atoms with E-state index in [4.69, 9.17) is 18.0 Å². The van der Waals surface area contributed by atoms with Crippen molar-refractivity contribution in [3.05, 3.63) is 52.2 Å². The Morgan fingerprint density at radius 2 is 2.00 bits per heavy atom. The average Bonchev–Trinajstić information content (AvgIpc) is 2.42. The maximum atomic E-state index is 5.81. The van der Waals surface area contributed by atoms with Gasteiger partial charge in [-0.1, -0.05) is 42.0 Å². The highest BCUT2D eigenvalue weighted by Crippen LogP contribution is 2.18. The van der Waals surface area contributed by atoms with Crippen LogP contribution in [0.25, 0.3) is 0 Å². The highest BCUT2D eigenvalue weighted by Gasteiger charge is 2.13. The van der Waals surface area contributed by atoms with Crippen molar-refractivity contribution in [2.45, 2.75) is 27.2 Å². The predicted octanol–water partition coefficient (Wildman–Crippen LogP) is 2.69. The quantitative estimate of drug-likeness (QED) is 0.831. The van der Waals surface area contributed by atoms with Gasteiger partial charge in [0.2, 0.25) is 0 Å². The van der Waals surface area contributed by atoms with Gasteiger partial charge in [0.1, 0.15) is 4.99 Å². The highest BCUT2D eigenvalue weighted by atomic mass is 32.1. The van der Waals surface area contributed by atoms with E-state index in [2.05, 4.69) is 46.7 Å². The summed E-state index contributed by atoms with van der Waals surface area (Å²) in [6, 6.07) is 8.47. The Morgan fingerprint density at radius 3 is 2.67 bits per heavy atom. The van der Waals surface area contributed by atoms with Crippen LogP contribution in [0, 0.1) is 20.8 Å². The smallest absolute Gasteiger partial charge is 0.159 e. The topological polar surface area (TPSA) is 63.8 Å². The number of nitrogens with one attached hydrogen (secondary N) is 1. The molecule has 0 amide bonds. The van der Waals surface area contributed by atoms with E-state index in [0.29, 0.717) is 10.8 Å². The van der Waals surface area contributed by atoms with Crippen LogP contribution >= 0.6 is 12.2 Å². The van der Waals surface area contributed by atoms with Gasteiger partial charge >= 0.3 is 0 Å². The molecular weight excluding hydrogens is 280 g/mol. The molecule has 0 fully saturated rings. The largest absolute Gasteiger partial charge is 0.389 e. The standard InChI is InChI=1S/C16H20N4S/c1-10-5-4-6-13(9-10)7-8-18-16-14(15(17)21)11(2)12(3)19-20-16/h4-6,9H,7-8H2,1-3H3,(H2,17,21)(H,18,20). The zero-order valence-electron chi connectivity index (χ0n) is 12.6. The minimum Gasteiger partial charge on any atom is -0.389 e. The first kappa shape index (κ1) is 15.4. The van der Waals surface area contributed by atoms with E-state index in [1.165, 1.54) is 11.1 Å². The van der Waals surface area contributed by atoms with E-state index in [0.717, 1.165) is 29.8 Å². The Balaban J connectivity index is 2.10. The number of aromatic nitrogens is 2. The molecule has 4 nitrogen and oxygen atoms in total. The van der Waals surface area contributed by atoms with Crippen LogP contribution < -0.4 is 11.1 Å². The van der Waals surface area contributed by atoms with Crippen LogP contribution in [0.1, 0.15) is 27.9 Å². The molecule has 0 aliphatic carbocycles. The van der Waals surface area contributed by atoms with Gasteiger partial charge in [0, 0.05) is 6.54 Å². The van der Waals surface area contributed by atoms with Crippen LogP contribution in [0.5, 0.6) is 0 Å². The molecule has 0 atom stereocenters. The molecule has 110 valence electrons. The Hall–Kier alpha value is -2.01. The number of nitrogens with zero attached hydrogens (tertiary/aromatic N) is 2. The van der Waals surface area contributed by atoms with Gasteiger partial charge in [0.25, 0.3) is 0 Å². The van der Waals surface area contributed by atoms with Crippen molar-refractivity contribution in [2.75, 3.05) is 11.9 Å².